The number of rotatable bonds is 5. The van der Waals surface area contributed by atoms with E-state index in [1.807, 2.05) is 0 Å². The average Bonchev–Trinajstić information content (AvgIpc) is 3.34. The van der Waals surface area contributed by atoms with E-state index >= 15 is 0 Å². The maximum atomic E-state index is 14.1. The van der Waals surface area contributed by atoms with E-state index < -0.39 is 58.5 Å². The molecule has 0 unspecified atom stereocenters. The molecule has 16 heteroatoms. The second-order valence-corrected chi connectivity index (χ2v) is 14.4. The molecule has 0 aliphatic carbocycles. The number of nitrogens with zero attached hydrogens (tertiary/aromatic N) is 4. The number of hydrogen-bond acceptors (Lipinski definition) is 7. The molecule has 0 radical (unpaired) electrons. The number of sulfone groups is 1. The van der Waals surface area contributed by atoms with Crippen molar-refractivity contribution in [3.05, 3.63) is 98.4 Å². The zero-order valence-electron chi connectivity index (χ0n) is 20.8. The molecule has 1 atom stereocenters. The van der Waals surface area contributed by atoms with Crippen LogP contribution in [0.4, 0.5) is 23.7 Å². The Morgan fingerprint density at radius 1 is 1.10 bits per heavy atom. The number of sulfonamides is 1. The van der Waals surface area contributed by atoms with E-state index in [2.05, 4.69) is 4.85 Å². The molecule has 1 aromatic heterocycles. The molecule has 2 heterocycles. The van der Waals surface area contributed by atoms with E-state index in [1.165, 1.54) is 19.1 Å². The minimum atomic E-state index is -4.89. The van der Waals surface area contributed by atoms with Crippen LogP contribution in [0.25, 0.3) is 4.85 Å². The third-order valence-corrected chi connectivity index (χ3v) is 10.6. The molecule has 2 aromatic carbocycles. The minimum Gasteiger partial charge on any atom is -0.277 e. The first-order chi connectivity index (χ1) is 19.0. The standard InChI is InChI=1S/C25H16ClF3N4O5S3/c1-14-22(31-2)23(18-8-7-15(13-30)11-19(18)40(3,35)36)33(41(37,38)21-10-9-20(26)39-21)24(34)32(14)17-6-4-5-16(12-17)25(27,28)29/h4-12,23H,1,3H3/t23-/m1/s1. The monoisotopic (exact) mass is 640 g/mol. The van der Waals surface area contributed by atoms with Gasteiger partial charge in [-0.2, -0.15) is 18.4 Å². The fourth-order valence-electron chi connectivity index (χ4n) is 4.24. The fourth-order valence-corrected chi connectivity index (χ4v) is 8.25. The number of allylic oxidation sites excluding steroid dienone is 1. The molecule has 1 aliphatic heterocycles. The SMILES string of the molecule is [C-]#[N+]C1=C(C)N(c2cccc(C(F)(F)F)c2)C(=O)N(S(=O)(=O)c2ccc(Cl)s2)[C@@H]1c1ccc(C#N)cc1S(C)(=O)=O. The largest absolute Gasteiger partial charge is 0.416 e. The zero-order valence-corrected chi connectivity index (χ0v) is 24.0. The molecule has 1 aliphatic rings. The van der Waals surface area contributed by atoms with Gasteiger partial charge in [-0.25, -0.2) is 30.8 Å². The van der Waals surface area contributed by atoms with Crippen LogP contribution < -0.4 is 4.90 Å². The summed E-state index contributed by atoms with van der Waals surface area (Å²) in [5.41, 5.74) is -2.59. The van der Waals surface area contributed by atoms with Crippen LogP contribution in [0.1, 0.15) is 29.7 Å². The molecule has 4 rings (SSSR count). The number of hydrogen-bond donors (Lipinski definition) is 0. The first-order valence-electron chi connectivity index (χ1n) is 11.2. The number of carbonyl (C=O) groups is 1. The van der Waals surface area contributed by atoms with Gasteiger partial charge >= 0.3 is 12.2 Å². The summed E-state index contributed by atoms with van der Waals surface area (Å²) in [5.74, 6) is 0. The third kappa shape index (κ3) is 5.41. The molecule has 41 heavy (non-hydrogen) atoms. The molecule has 0 bridgehead atoms. The number of nitriles is 1. The van der Waals surface area contributed by atoms with Crippen molar-refractivity contribution in [3.8, 4) is 6.07 Å². The van der Waals surface area contributed by atoms with Crippen molar-refractivity contribution in [2.45, 2.75) is 28.2 Å². The summed E-state index contributed by atoms with van der Waals surface area (Å²) in [6.45, 7) is 9.11. The average molecular weight is 641 g/mol. The van der Waals surface area contributed by atoms with Gasteiger partial charge in [-0.3, -0.25) is 4.90 Å². The molecule has 0 N–H and O–H groups in total. The summed E-state index contributed by atoms with van der Waals surface area (Å²) in [4.78, 5) is 17.6. The number of benzene rings is 2. The normalized spacial score (nSPS) is 16.5. The molecule has 0 saturated heterocycles. The van der Waals surface area contributed by atoms with E-state index in [-0.39, 0.29) is 31.2 Å². The predicted octanol–water partition coefficient (Wildman–Crippen LogP) is 6.22. The highest BCUT2D eigenvalue weighted by molar-refractivity contribution is 7.92. The van der Waals surface area contributed by atoms with Gasteiger partial charge in [0.1, 0.15) is 10.3 Å². The first-order valence-corrected chi connectivity index (χ1v) is 15.7. The van der Waals surface area contributed by atoms with Gasteiger partial charge in [0.25, 0.3) is 10.0 Å². The van der Waals surface area contributed by atoms with Crippen LogP contribution in [0, 0.1) is 17.9 Å². The van der Waals surface area contributed by atoms with Gasteiger partial charge in [0.05, 0.1) is 33.0 Å². The van der Waals surface area contributed by atoms with Crippen LogP contribution in [0.2, 0.25) is 4.34 Å². The second kappa shape index (κ2) is 10.5. The molecular formula is C25H16ClF3N4O5S3. The summed E-state index contributed by atoms with van der Waals surface area (Å²) >= 11 is 6.52. The summed E-state index contributed by atoms with van der Waals surface area (Å²) in [5, 5.41) is 9.32. The van der Waals surface area contributed by atoms with Crippen LogP contribution in [0.5, 0.6) is 0 Å². The Bertz CT molecular complexity index is 1920. The minimum absolute atomic E-state index is 0.0339. The second-order valence-electron chi connectivity index (χ2n) is 8.65. The number of alkyl halides is 3. The smallest absolute Gasteiger partial charge is 0.277 e. The number of carbonyl (C=O) groups excluding carboxylic acids is 1. The lowest BCUT2D eigenvalue weighted by molar-refractivity contribution is -0.137. The van der Waals surface area contributed by atoms with Crippen molar-refractivity contribution in [1.82, 2.24) is 4.31 Å². The van der Waals surface area contributed by atoms with E-state index in [0.29, 0.717) is 22.3 Å². The Labute approximate surface area is 242 Å². The molecule has 9 nitrogen and oxygen atoms in total. The molecule has 212 valence electrons. The molecule has 2 amide bonds. The number of anilines is 1. The van der Waals surface area contributed by atoms with Crippen LogP contribution >= 0.6 is 22.9 Å². The van der Waals surface area contributed by atoms with Crippen molar-refractivity contribution >= 4 is 54.5 Å². The van der Waals surface area contributed by atoms with Crippen molar-refractivity contribution in [2.24, 2.45) is 0 Å². The van der Waals surface area contributed by atoms with Crippen LogP contribution in [0.15, 0.2) is 75.1 Å². The highest BCUT2D eigenvalue weighted by atomic mass is 35.5. The van der Waals surface area contributed by atoms with E-state index in [4.69, 9.17) is 18.2 Å². The Morgan fingerprint density at radius 2 is 1.78 bits per heavy atom. The highest BCUT2D eigenvalue weighted by Crippen LogP contribution is 2.46. The Morgan fingerprint density at radius 3 is 2.32 bits per heavy atom. The quantitative estimate of drug-likeness (QED) is 0.306. The van der Waals surface area contributed by atoms with Crippen molar-refractivity contribution in [1.29, 1.82) is 5.26 Å². The lowest BCUT2D eigenvalue weighted by atomic mass is 9.98. The summed E-state index contributed by atoms with van der Waals surface area (Å²) in [6.07, 6.45) is -4.00. The molecule has 3 aromatic rings. The van der Waals surface area contributed by atoms with Crippen LogP contribution in [-0.2, 0) is 26.0 Å². The summed E-state index contributed by atoms with van der Waals surface area (Å²) in [6, 6.07) is 7.72. The van der Waals surface area contributed by atoms with E-state index in [1.54, 1.807) is 6.07 Å². The van der Waals surface area contributed by atoms with Gasteiger partial charge in [0.15, 0.2) is 9.84 Å². The molecular weight excluding hydrogens is 625 g/mol. The number of thiophene rings is 1. The zero-order chi connectivity index (χ0) is 30.5. The molecule has 0 spiro atoms. The summed E-state index contributed by atoms with van der Waals surface area (Å²) in [7, 11) is -9.06. The maximum Gasteiger partial charge on any atom is 0.416 e. The fraction of sp³-hybridized carbons (Fsp3) is 0.160. The Kier molecular flexibility index (Phi) is 7.70. The Hall–Kier alpha value is -3.89. The van der Waals surface area contributed by atoms with Gasteiger partial charge in [0, 0.05) is 17.6 Å². The molecule has 0 fully saturated rings. The summed E-state index contributed by atoms with van der Waals surface area (Å²) < 4.78 is 93.9. The predicted molar refractivity (Wildman–Crippen MR) is 144 cm³/mol. The van der Waals surface area contributed by atoms with Gasteiger partial charge in [-0.1, -0.05) is 23.7 Å². The van der Waals surface area contributed by atoms with Crippen LogP contribution in [-0.4, -0.2) is 33.4 Å². The maximum absolute atomic E-state index is 14.1. The van der Waals surface area contributed by atoms with E-state index in [0.717, 1.165) is 42.7 Å². The van der Waals surface area contributed by atoms with Crippen molar-refractivity contribution in [2.75, 3.05) is 11.2 Å². The Balaban J connectivity index is 2.11. The van der Waals surface area contributed by atoms with Gasteiger partial charge in [-0.15, -0.1) is 11.3 Å². The lowest BCUT2D eigenvalue weighted by Gasteiger charge is -2.41. The first kappa shape index (κ1) is 30.1. The number of urea groups is 1. The van der Waals surface area contributed by atoms with Gasteiger partial charge < -0.3 is 0 Å². The van der Waals surface area contributed by atoms with Gasteiger partial charge in [-0.05, 0) is 55.0 Å². The highest BCUT2D eigenvalue weighted by Gasteiger charge is 2.49. The topological polar surface area (TPSA) is 120 Å². The van der Waals surface area contributed by atoms with E-state index in [9.17, 15) is 40.1 Å². The third-order valence-electron chi connectivity index (χ3n) is 6.03. The van der Waals surface area contributed by atoms with Crippen molar-refractivity contribution < 1.29 is 34.8 Å². The van der Waals surface area contributed by atoms with Crippen molar-refractivity contribution in [3.63, 3.8) is 0 Å². The van der Waals surface area contributed by atoms with Crippen LogP contribution in [0.3, 0.4) is 0 Å². The number of halogens is 4. The van der Waals surface area contributed by atoms with Gasteiger partial charge in [0.2, 0.25) is 5.70 Å². The molecule has 0 saturated carbocycles. The number of amides is 2. The lowest BCUT2D eigenvalue weighted by Crippen LogP contribution is -2.51.